The van der Waals surface area contributed by atoms with Gasteiger partial charge in [0.2, 0.25) is 5.60 Å². The third-order valence-electron chi connectivity index (χ3n) is 1.98. The van der Waals surface area contributed by atoms with E-state index in [0.717, 1.165) is 6.92 Å². The SMILES string of the molecule is CC(=O)OC(CC(=O)O)(CC(=O)O)C(=O)OC(C)(C)C. The van der Waals surface area contributed by atoms with Crippen molar-refractivity contribution >= 4 is 23.9 Å². The Hall–Kier alpha value is -2.12. The number of carboxylic acids is 2. The summed E-state index contributed by atoms with van der Waals surface area (Å²) in [4.78, 5) is 44.8. The fraction of sp³-hybridized carbons (Fsp3) is 0.667. The molecular weight excluding hydrogens is 272 g/mol. The average molecular weight is 290 g/mol. The first-order chi connectivity index (χ1) is 8.88. The number of carboxylic acid groups (broad SMARTS) is 2. The molecule has 114 valence electrons. The molecule has 0 heterocycles. The predicted molar refractivity (Wildman–Crippen MR) is 64.8 cm³/mol. The fourth-order valence-electron chi connectivity index (χ4n) is 1.46. The van der Waals surface area contributed by atoms with E-state index in [9.17, 15) is 19.2 Å². The molecule has 0 atom stereocenters. The van der Waals surface area contributed by atoms with Gasteiger partial charge < -0.3 is 19.7 Å². The monoisotopic (exact) mass is 290 g/mol. The van der Waals surface area contributed by atoms with Gasteiger partial charge in [0.05, 0.1) is 12.8 Å². The smallest absolute Gasteiger partial charge is 0.352 e. The Kier molecular flexibility index (Phi) is 5.68. The van der Waals surface area contributed by atoms with Crippen molar-refractivity contribution in [3.05, 3.63) is 0 Å². The lowest BCUT2D eigenvalue weighted by atomic mass is 9.94. The normalized spacial score (nSPS) is 11.6. The first-order valence-corrected chi connectivity index (χ1v) is 5.74. The first kappa shape index (κ1) is 17.9. The highest BCUT2D eigenvalue weighted by Gasteiger charge is 2.49. The summed E-state index contributed by atoms with van der Waals surface area (Å²) in [6.45, 7) is 5.50. The third kappa shape index (κ3) is 6.17. The van der Waals surface area contributed by atoms with Crippen LogP contribution < -0.4 is 0 Å². The van der Waals surface area contributed by atoms with Crippen LogP contribution in [0.25, 0.3) is 0 Å². The van der Waals surface area contributed by atoms with Crippen molar-refractivity contribution in [2.45, 2.75) is 51.7 Å². The van der Waals surface area contributed by atoms with E-state index in [1.165, 1.54) is 20.8 Å². The van der Waals surface area contributed by atoms with Crippen molar-refractivity contribution in [2.75, 3.05) is 0 Å². The molecule has 0 spiro atoms. The largest absolute Gasteiger partial charge is 0.481 e. The maximum atomic E-state index is 12.1. The van der Waals surface area contributed by atoms with Crippen molar-refractivity contribution in [3.8, 4) is 0 Å². The number of hydrogen-bond donors (Lipinski definition) is 2. The van der Waals surface area contributed by atoms with Gasteiger partial charge in [-0.05, 0) is 20.8 Å². The molecule has 0 radical (unpaired) electrons. The maximum Gasteiger partial charge on any atom is 0.352 e. The summed E-state index contributed by atoms with van der Waals surface area (Å²) in [5.74, 6) is -5.15. The molecule has 0 saturated heterocycles. The quantitative estimate of drug-likeness (QED) is 0.680. The van der Waals surface area contributed by atoms with Crippen LogP contribution in [-0.2, 0) is 28.7 Å². The number of carbonyl (C=O) groups excluding carboxylic acids is 2. The number of ether oxygens (including phenoxy) is 2. The third-order valence-corrected chi connectivity index (χ3v) is 1.98. The second kappa shape index (κ2) is 6.36. The zero-order valence-corrected chi connectivity index (χ0v) is 11.8. The highest BCUT2D eigenvalue weighted by molar-refractivity contribution is 5.91. The van der Waals surface area contributed by atoms with E-state index in [1.54, 1.807) is 0 Å². The minimum atomic E-state index is -2.38. The molecule has 0 aromatic carbocycles. The summed E-state index contributed by atoms with van der Waals surface area (Å²) >= 11 is 0. The summed E-state index contributed by atoms with van der Waals surface area (Å²) in [5.41, 5.74) is -3.36. The topological polar surface area (TPSA) is 127 Å². The van der Waals surface area contributed by atoms with Gasteiger partial charge in [0, 0.05) is 6.92 Å². The Morgan fingerprint density at radius 2 is 1.30 bits per heavy atom. The number of esters is 2. The van der Waals surface area contributed by atoms with Gasteiger partial charge in [0.1, 0.15) is 5.60 Å². The first-order valence-electron chi connectivity index (χ1n) is 5.74. The second-order valence-electron chi connectivity index (χ2n) is 5.23. The maximum absolute atomic E-state index is 12.1. The van der Waals surface area contributed by atoms with Gasteiger partial charge in [0.25, 0.3) is 0 Å². The lowest BCUT2D eigenvalue weighted by Crippen LogP contribution is -2.49. The number of hydrogen-bond acceptors (Lipinski definition) is 6. The lowest BCUT2D eigenvalue weighted by molar-refractivity contribution is -0.195. The van der Waals surface area contributed by atoms with Crippen LogP contribution >= 0.6 is 0 Å². The van der Waals surface area contributed by atoms with Crippen LogP contribution in [-0.4, -0.2) is 45.3 Å². The predicted octanol–water partition coefficient (Wildman–Crippen LogP) is 0.579. The van der Waals surface area contributed by atoms with Crippen LogP contribution in [0.4, 0.5) is 0 Å². The van der Waals surface area contributed by atoms with Crippen molar-refractivity contribution in [1.29, 1.82) is 0 Å². The number of carbonyl (C=O) groups is 4. The van der Waals surface area contributed by atoms with E-state index in [1.807, 2.05) is 0 Å². The molecule has 0 bridgehead atoms. The van der Waals surface area contributed by atoms with Crippen LogP contribution in [0, 0.1) is 0 Å². The van der Waals surface area contributed by atoms with E-state index in [0.29, 0.717) is 0 Å². The van der Waals surface area contributed by atoms with Gasteiger partial charge in [-0.1, -0.05) is 0 Å². The average Bonchev–Trinajstić information content (AvgIpc) is 2.10. The van der Waals surface area contributed by atoms with E-state index in [2.05, 4.69) is 0 Å². The van der Waals surface area contributed by atoms with E-state index < -0.39 is 47.9 Å². The zero-order chi connectivity index (χ0) is 16.1. The van der Waals surface area contributed by atoms with Crippen LogP contribution in [0.2, 0.25) is 0 Å². The van der Waals surface area contributed by atoms with Crippen molar-refractivity contribution < 1.29 is 38.9 Å². The molecule has 0 aliphatic heterocycles. The molecule has 0 unspecified atom stereocenters. The molecule has 0 aliphatic carbocycles. The van der Waals surface area contributed by atoms with Gasteiger partial charge in [-0.25, -0.2) is 4.79 Å². The lowest BCUT2D eigenvalue weighted by Gasteiger charge is -2.31. The van der Waals surface area contributed by atoms with Gasteiger partial charge >= 0.3 is 23.9 Å². The van der Waals surface area contributed by atoms with Gasteiger partial charge in [-0.15, -0.1) is 0 Å². The summed E-state index contributed by atoms with van der Waals surface area (Å²) in [6.07, 6.45) is -1.98. The fourth-order valence-corrected chi connectivity index (χ4v) is 1.46. The van der Waals surface area contributed by atoms with Gasteiger partial charge in [0.15, 0.2) is 0 Å². The Morgan fingerprint density at radius 1 is 0.900 bits per heavy atom. The van der Waals surface area contributed by atoms with Gasteiger partial charge in [-0.2, -0.15) is 0 Å². The summed E-state index contributed by atoms with van der Waals surface area (Å²) < 4.78 is 9.66. The minimum Gasteiger partial charge on any atom is -0.481 e. The number of aliphatic carboxylic acids is 2. The van der Waals surface area contributed by atoms with Crippen molar-refractivity contribution in [1.82, 2.24) is 0 Å². The van der Waals surface area contributed by atoms with Gasteiger partial charge in [-0.3, -0.25) is 14.4 Å². The highest BCUT2D eigenvalue weighted by Crippen LogP contribution is 2.26. The van der Waals surface area contributed by atoms with Crippen molar-refractivity contribution in [2.24, 2.45) is 0 Å². The van der Waals surface area contributed by atoms with Crippen LogP contribution in [0.1, 0.15) is 40.5 Å². The van der Waals surface area contributed by atoms with Crippen LogP contribution in [0.3, 0.4) is 0 Å². The number of rotatable bonds is 6. The molecule has 0 aromatic heterocycles. The molecule has 0 aromatic rings. The molecule has 20 heavy (non-hydrogen) atoms. The summed E-state index contributed by atoms with van der Waals surface area (Å²) in [7, 11) is 0. The second-order valence-corrected chi connectivity index (χ2v) is 5.23. The molecule has 0 saturated carbocycles. The Morgan fingerprint density at radius 3 is 1.55 bits per heavy atom. The molecule has 0 amide bonds. The van der Waals surface area contributed by atoms with Crippen LogP contribution in [0.5, 0.6) is 0 Å². The van der Waals surface area contributed by atoms with E-state index >= 15 is 0 Å². The molecule has 2 N–H and O–H groups in total. The molecule has 8 heteroatoms. The molecule has 0 rings (SSSR count). The van der Waals surface area contributed by atoms with Crippen LogP contribution in [0.15, 0.2) is 0 Å². The molecule has 8 nitrogen and oxygen atoms in total. The summed E-state index contributed by atoms with van der Waals surface area (Å²) in [6, 6.07) is 0. The van der Waals surface area contributed by atoms with Crippen molar-refractivity contribution in [3.63, 3.8) is 0 Å². The zero-order valence-electron chi connectivity index (χ0n) is 11.8. The summed E-state index contributed by atoms with van der Waals surface area (Å²) in [5, 5.41) is 17.7. The van der Waals surface area contributed by atoms with E-state index in [4.69, 9.17) is 19.7 Å². The molecular formula is C12H18O8. The van der Waals surface area contributed by atoms with E-state index in [-0.39, 0.29) is 0 Å². The Labute approximate surface area is 115 Å². The highest BCUT2D eigenvalue weighted by atomic mass is 16.6. The Balaban J connectivity index is 5.56. The minimum absolute atomic E-state index is 0.947. The molecule has 0 aliphatic rings. The Bertz CT molecular complexity index is 377. The molecule has 0 fully saturated rings. The standard InChI is InChI=1S/C12H18O8/c1-7(13)19-12(5-8(14)15,6-9(16)17)10(18)20-11(2,3)4/h5-6H2,1-4H3,(H,14,15)(H,16,17).